The molecule has 15 nitrogen and oxygen atoms in total. The van der Waals surface area contributed by atoms with Crippen LogP contribution in [0.1, 0.15) is 37.7 Å². The standard InChI is InChI=1S/C27H40N8O7S/c1-43-12-10-17(28)23(38)33-19(8-9-22(36)37)24(39)35-21(13-15-14-32-18-6-3-2-5-16(15)18)25(40)34-20(26(41)42)7-4-11-31-27(29)30/h2-3,5-6,14,17,19-21,32H,4,7-13,28H2,1H3,(H,33,38)(H,34,40)(H,35,39)(H,36,37)(H,41,42)(H4,29,30,31). The van der Waals surface area contributed by atoms with Crippen molar-refractivity contribution in [3.63, 3.8) is 0 Å². The zero-order chi connectivity index (χ0) is 31.9. The van der Waals surface area contributed by atoms with Crippen LogP contribution in [-0.4, -0.2) is 93.5 Å². The average Bonchev–Trinajstić information content (AvgIpc) is 3.37. The molecule has 0 saturated heterocycles. The van der Waals surface area contributed by atoms with Crippen LogP contribution in [0.3, 0.4) is 0 Å². The summed E-state index contributed by atoms with van der Waals surface area (Å²) in [4.78, 5) is 69.6. The minimum Gasteiger partial charge on any atom is -0.481 e. The van der Waals surface area contributed by atoms with E-state index >= 15 is 0 Å². The lowest BCUT2D eigenvalue weighted by molar-refractivity contribution is -0.142. The van der Waals surface area contributed by atoms with Crippen molar-refractivity contribution in [2.75, 3.05) is 18.6 Å². The molecule has 0 saturated carbocycles. The Kier molecular flexibility index (Phi) is 14.3. The number of carboxylic acids is 2. The van der Waals surface area contributed by atoms with Crippen molar-refractivity contribution in [1.29, 1.82) is 0 Å². The fourth-order valence-electron chi connectivity index (χ4n) is 4.23. The van der Waals surface area contributed by atoms with Gasteiger partial charge >= 0.3 is 11.9 Å². The quantitative estimate of drug-likeness (QED) is 0.0535. The van der Waals surface area contributed by atoms with Crippen LogP contribution < -0.4 is 33.2 Å². The number of nitrogens with one attached hydrogen (secondary N) is 4. The number of nitrogens with zero attached hydrogens (tertiary/aromatic N) is 1. The van der Waals surface area contributed by atoms with Crippen molar-refractivity contribution in [1.82, 2.24) is 20.9 Å². The van der Waals surface area contributed by atoms with Gasteiger partial charge in [-0.05, 0) is 49.3 Å². The van der Waals surface area contributed by atoms with E-state index < -0.39 is 60.2 Å². The van der Waals surface area contributed by atoms with Gasteiger partial charge in [-0.2, -0.15) is 11.8 Å². The average molecular weight is 621 g/mol. The highest BCUT2D eigenvalue weighted by molar-refractivity contribution is 7.98. The molecule has 0 aliphatic carbocycles. The van der Waals surface area contributed by atoms with Crippen LogP contribution in [-0.2, 0) is 30.4 Å². The van der Waals surface area contributed by atoms with Crippen LogP contribution in [0, 0.1) is 0 Å². The number of carbonyl (C=O) groups excluding carboxylic acids is 3. The number of aliphatic imine (C=N–C) groups is 1. The number of hydrogen-bond acceptors (Lipinski definition) is 8. The lowest BCUT2D eigenvalue weighted by atomic mass is 10.0. The van der Waals surface area contributed by atoms with Crippen LogP contribution in [0.5, 0.6) is 0 Å². The number of benzene rings is 1. The number of hydrogen-bond donors (Lipinski definition) is 9. The number of guanidine groups is 1. The maximum absolute atomic E-state index is 13.5. The van der Waals surface area contributed by atoms with E-state index in [1.54, 1.807) is 6.20 Å². The first-order chi connectivity index (χ1) is 20.4. The molecule has 0 aliphatic rings. The Hall–Kier alpha value is -4.31. The summed E-state index contributed by atoms with van der Waals surface area (Å²) in [5, 5.41) is 27.3. The Labute approximate surface area is 252 Å². The minimum atomic E-state index is -1.31. The lowest BCUT2D eigenvalue weighted by Gasteiger charge is -2.25. The summed E-state index contributed by atoms with van der Waals surface area (Å²) in [6, 6.07) is 2.48. The third kappa shape index (κ3) is 11.8. The van der Waals surface area contributed by atoms with Gasteiger partial charge in [-0.15, -0.1) is 0 Å². The predicted octanol–water partition coefficient (Wildman–Crippen LogP) is -0.752. The number of para-hydroxylation sites is 1. The van der Waals surface area contributed by atoms with Crippen molar-refractivity contribution in [2.24, 2.45) is 22.2 Å². The van der Waals surface area contributed by atoms with Crippen molar-refractivity contribution >= 4 is 58.3 Å². The van der Waals surface area contributed by atoms with E-state index in [1.165, 1.54) is 11.8 Å². The number of H-pyrrole nitrogens is 1. The van der Waals surface area contributed by atoms with E-state index in [0.29, 0.717) is 17.7 Å². The van der Waals surface area contributed by atoms with Crippen LogP contribution in [0.15, 0.2) is 35.5 Å². The minimum absolute atomic E-state index is 0.0107. The monoisotopic (exact) mass is 620 g/mol. The molecule has 0 fully saturated rings. The van der Waals surface area contributed by atoms with E-state index in [0.717, 1.165) is 10.9 Å². The smallest absolute Gasteiger partial charge is 0.326 e. The molecular formula is C27H40N8O7S. The normalized spacial score (nSPS) is 13.7. The summed E-state index contributed by atoms with van der Waals surface area (Å²) < 4.78 is 0. The first kappa shape index (κ1) is 34.9. The fourth-order valence-corrected chi connectivity index (χ4v) is 4.72. The molecule has 3 amide bonds. The van der Waals surface area contributed by atoms with E-state index in [9.17, 15) is 34.2 Å². The lowest BCUT2D eigenvalue weighted by Crippen LogP contribution is -2.57. The third-order valence-electron chi connectivity index (χ3n) is 6.54. The molecule has 16 heteroatoms. The first-order valence-electron chi connectivity index (χ1n) is 13.6. The van der Waals surface area contributed by atoms with Crippen LogP contribution in [0.2, 0.25) is 0 Å². The number of aliphatic carboxylic acids is 2. The van der Waals surface area contributed by atoms with Gasteiger partial charge in [0.25, 0.3) is 0 Å². The molecule has 0 aliphatic heterocycles. The van der Waals surface area contributed by atoms with E-state index in [-0.39, 0.29) is 38.2 Å². The van der Waals surface area contributed by atoms with Gasteiger partial charge in [0.2, 0.25) is 17.7 Å². The summed E-state index contributed by atoms with van der Waals surface area (Å²) in [6.07, 6.45) is 3.41. The third-order valence-corrected chi connectivity index (χ3v) is 7.19. The molecule has 2 aromatic rings. The first-order valence-corrected chi connectivity index (χ1v) is 15.0. The van der Waals surface area contributed by atoms with Crippen molar-refractivity contribution < 1.29 is 34.2 Å². The molecule has 43 heavy (non-hydrogen) atoms. The van der Waals surface area contributed by atoms with Crippen molar-refractivity contribution in [3.8, 4) is 0 Å². The van der Waals surface area contributed by atoms with Gasteiger partial charge in [0, 0.05) is 36.5 Å². The van der Waals surface area contributed by atoms with Gasteiger partial charge in [0.1, 0.15) is 18.1 Å². The fraction of sp³-hybridized carbons (Fsp3) is 0.481. The maximum atomic E-state index is 13.5. The van der Waals surface area contributed by atoms with Gasteiger partial charge < -0.3 is 48.3 Å². The Bertz CT molecular complexity index is 1300. The molecule has 4 unspecified atom stereocenters. The number of amides is 3. The highest BCUT2D eigenvalue weighted by Gasteiger charge is 2.31. The molecule has 4 atom stereocenters. The Balaban J connectivity index is 2.30. The summed E-state index contributed by atoms with van der Waals surface area (Å²) in [5.74, 6) is -4.25. The Morgan fingerprint density at radius 1 is 0.930 bits per heavy atom. The van der Waals surface area contributed by atoms with Gasteiger partial charge in [-0.25, -0.2) is 4.79 Å². The molecule has 0 bridgehead atoms. The zero-order valence-corrected chi connectivity index (χ0v) is 24.7. The highest BCUT2D eigenvalue weighted by atomic mass is 32.2. The van der Waals surface area contributed by atoms with Crippen molar-refractivity contribution in [2.45, 2.75) is 62.7 Å². The molecule has 0 radical (unpaired) electrons. The highest BCUT2D eigenvalue weighted by Crippen LogP contribution is 2.19. The topological polar surface area (TPSA) is 268 Å². The van der Waals surface area contributed by atoms with E-state index in [2.05, 4.69) is 25.9 Å². The number of thioether (sulfide) groups is 1. The van der Waals surface area contributed by atoms with Gasteiger partial charge in [-0.3, -0.25) is 24.2 Å². The number of fused-ring (bicyclic) bond motifs is 1. The Morgan fingerprint density at radius 3 is 2.23 bits per heavy atom. The molecular weight excluding hydrogens is 580 g/mol. The number of nitrogens with two attached hydrogens (primary N) is 3. The van der Waals surface area contributed by atoms with Crippen molar-refractivity contribution in [3.05, 3.63) is 36.0 Å². The second-order valence-electron chi connectivity index (χ2n) is 9.85. The summed E-state index contributed by atoms with van der Waals surface area (Å²) in [5.41, 5.74) is 18.0. The molecule has 236 valence electrons. The van der Waals surface area contributed by atoms with Gasteiger partial charge in [0.15, 0.2) is 5.96 Å². The second kappa shape index (κ2) is 17.6. The van der Waals surface area contributed by atoms with Gasteiger partial charge in [-0.1, -0.05) is 18.2 Å². The van der Waals surface area contributed by atoms with Crippen LogP contribution >= 0.6 is 11.8 Å². The second-order valence-corrected chi connectivity index (χ2v) is 10.8. The van der Waals surface area contributed by atoms with Gasteiger partial charge in [0.05, 0.1) is 6.04 Å². The number of carbonyl (C=O) groups is 5. The molecule has 1 heterocycles. The molecule has 1 aromatic heterocycles. The molecule has 0 spiro atoms. The summed E-state index contributed by atoms with van der Waals surface area (Å²) >= 11 is 1.49. The summed E-state index contributed by atoms with van der Waals surface area (Å²) in [6.45, 7) is 0.154. The van der Waals surface area contributed by atoms with E-state index in [1.807, 2.05) is 30.5 Å². The van der Waals surface area contributed by atoms with Crippen LogP contribution in [0.4, 0.5) is 0 Å². The molecule has 2 rings (SSSR count). The largest absolute Gasteiger partial charge is 0.481 e. The molecule has 12 N–H and O–H groups in total. The summed E-state index contributed by atoms with van der Waals surface area (Å²) in [7, 11) is 0. The number of carboxylic acid groups (broad SMARTS) is 2. The molecule has 1 aromatic carbocycles. The Morgan fingerprint density at radius 2 is 1.58 bits per heavy atom. The zero-order valence-electron chi connectivity index (χ0n) is 23.9. The van der Waals surface area contributed by atoms with Crippen LogP contribution in [0.25, 0.3) is 10.9 Å². The van der Waals surface area contributed by atoms with E-state index in [4.69, 9.17) is 17.2 Å². The SMILES string of the molecule is CSCCC(N)C(=O)NC(CCC(=O)O)C(=O)NC(Cc1c[nH]c2ccccc12)C(=O)NC(CCCN=C(N)N)C(=O)O. The number of rotatable bonds is 19. The maximum Gasteiger partial charge on any atom is 0.326 e. The number of aromatic amines is 1. The predicted molar refractivity (Wildman–Crippen MR) is 163 cm³/mol. The number of aromatic nitrogens is 1.